The summed E-state index contributed by atoms with van der Waals surface area (Å²) in [5, 5.41) is 3.35. The van der Waals surface area contributed by atoms with E-state index in [-0.39, 0.29) is 0 Å². The van der Waals surface area contributed by atoms with Gasteiger partial charge in [-0.1, -0.05) is 29.3 Å². The lowest BCUT2D eigenvalue weighted by Crippen LogP contribution is -1.85. The maximum absolute atomic E-state index is 5.95. The fourth-order valence-corrected chi connectivity index (χ4v) is 2.85. The second-order valence-electron chi connectivity index (χ2n) is 3.18. The number of halogens is 3. The van der Waals surface area contributed by atoms with Crippen LogP contribution in [0.5, 0.6) is 0 Å². The first-order valence-corrected chi connectivity index (χ1v) is 6.75. The van der Waals surface area contributed by atoms with Crippen LogP contribution in [0.2, 0.25) is 10.0 Å². The Morgan fingerprint density at radius 2 is 1.87 bits per heavy atom. The number of thiophene rings is 1. The van der Waals surface area contributed by atoms with Gasteiger partial charge in [0.05, 0.1) is 13.8 Å². The van der Waals surface area contributed by atoms with Crippen molar-refractivity contribution < 1.29 is 0 Å². The predicted octanol–water partition coefficient (Wildman–Crippen LogP) is 5.41. The minimum atomic E-state index is 0.604. The monoisotopic (exact) mass is 320 g/mol. The van der Waals surface area contributed by atoms with E-state index >= 15 is 0 Å². The van der Waals surface area contributed by atoms with Crippen LogP contribution in [0.15, 0.2) is 33.4 Å². The summed E-state index contributed by atoms with van der Waals surface area (Å²) in [4.78, 5) is 0. The summed E-state index contributed by atoms with van der Waals surface area (Å²) in [6, 6.07) is 7.86. The molecule has 0 saturated carbocycles. The first-order chi connectivity index (χ1) is 7.15. The predicted molar refractivity (Wildman–Crippen MR) is 71.3 cm³/mol. The molecule has 0 aliphatic rings. The van der Waals surface area contributed by atoms with Crippen molar-refractivity contribution in [1.29, 1.82) is 0 Å². The molecule has 1 aromatic carbocycles. The third-order valence-corrected chi connectivity index (χ3v) is 4.31. The van der Waals surface area contributed by atoms with Gasteiger partial charge >= 0.3 is 0 Å². The highest BCUT2D eigenvalue weighted by atomic mass is 79.9. The van der Waals surface area contributed by atoms with E-state index in [4.69, 9.17) is 23.2 Å². The molecule has 1 aromatic heterocycles. The molecule has 0 fully saturated rings. The maximum atomic E-state index is 5.95. The first-order valence-electron chi connectivity index (χ1n) is 4.32. The molecule has 2 aromatic rings. The average molecular weight is 322 g/mol. The number of rotatable bonds is 2. The van der Waals surface area contributed by atoms with Gasteiger partial charge in [-0.2, -0.15) is 0 Å². The van der Waals surface area contributed by atoms with Gasteiger partial charge in [-0.15, -0.1) is 11.3 Å². The minimum Gasteiger partial charge on any atom is -0.137 e. The highest BCUT2D eigenvalue weighted by Gasteiger charge is 2.02. The Labute approximate surface area is 111 Å². The van der Waals surface area contributed by atoms with E-state index in [1.165, 1.54) is 11.1 Å². The van der Waals surface area contributed by atoms with Crippen molar-refractivity contribution in [2.75, 3.05) is 0 Å². The van der Waals surface area contributed by atoms with Gasteiger partial charge in [0, 0.05) is 0 Å². The van der Waals surface area contributed by atoms with Crippen molar-refractivity contribution in [3.8, 4) is 0 Å². The zero-order valence-electron chi connectivity index (χ0n) is 7.64. The van der Waals surface area contributed by atoms with Crippen molar-refractivity contribution in [3.63, 3.8) is 0 Å². The van der Waals surface area contributed by atoms with Crippen LogP contribution in [0.25, 0.3) is 0 Å². The molecule has 78 valence electrons. The second kappa shape index (κ2) is 4.88. The summed E-state index contributed by atoms with van der Waals surface area (Å²) >= 11 is 16.9. The van der Waals surface area contributed by atoms with Crippen LogP contribution < -0.4 is 0 Å². The third-order valence-electron chi connectivity index (χ3n) is 2.01. The minimum absolute atomic E-state index is 0.604. The van der Waals surface area contributed by atoms with Crippen LogP contribution in [0.3, 0.4) is 0 Å². The van der Waals surface area contributed by atoms with E-state index in [9.17, 15) is 0 Å². The summed E-state index contributed by atoms with van der Waals surface area (Å²) in [7, 11) is 0. The third kappa shape index (κ3) is 2.97. The van der Waals surface area contributed by atoms with Crippen LogP contribution in [-0.4, -0.2) is 0 Å². The number of hydrogen-bond donors (Lipinski definition) is 0. The highest BCUT2D eigenvalue weighted by molar-refractivity contribution is 9.11. The Morgan fingerprint density at radius 1 is 1.07 bits per heavy atom. The Kier molecular flexibility index (Phi) is 3.73. The zero-order valence-corrected chi connectivity index (χ0v) is 11.6. The van der Waals surface area contributed by atoms with Crippen molar-refractivity contribution in [1.82, 2.24) is 0 Å². The van der Waals surface area contributed by atoms with Crippen molar-refractivity contribution in [3.05, 3.63) is 54.6 Å². The molecular weight excluding hydrogens is 315 g/mol. The topological polar surface area (TPSA) is 0 Å². The molecule has 15 heavy (non-hydrogen) atoms. The van der Waals surface area contributed by atoms with Crippen LogP contribution in [0.4, 0.5) is 0 Å². The molecule has 0 N–H and O–H groups in total. The Bertz CT molecular complexity index is 479. The Balaban J connectivity index is 2.21. The lowest BCUT2D eigenvalue weighted by atomic mass is 10.1. The molecule has 0 nitrogen and oxygen atoms in total. The smallest absolute Gasteiger partial charge is 0.0701 e. The summed E-state index contributed by atoms with van der Waals surface area (Å²) in [6.07, 6.45) is 0.888. The SMILES string of the molecule is Clc1ccc(Cc2csc(Br)c2)cc1Cl. The van der Waals surface area contributed by atoms with Gasteiger partial charge in [-0.05, 0) is 57.1 Å². The van der Waals surface area contributed by atoms with Gasteiger partial charge in [0.25, 0.3) is 0 Å². The Hall–Kier alpha value is -0.0200. The first kappa shape index (κ1) is 11.5. The molecule has 0 aliphatic carbocycles. The second-order valence-corrected chi connectivity index (χ2v) is 6.29. The van der Waals surface area contributed by atoms with Crippen LogP contribution in [0.1, 0.15) is 11.1 Å². The van der Waals surface area contributed by atoms with E-state index in [1.54, 1.807) is 11.3 Å². The van der Waals surface area contributed by atoms with Gasteiger partial charge < -0.3 is 0 Å². The molecule has 0 bridgehead atoms. The molecule has 2 rings (SSSR count). The standard InChI is InChI=1S/C11H7BrCl2S/c12-11-5-8(6-15-11)3-7-1-2-9(13)10(14)4-7/h1-2,4-6H,3H2. The Morgan fingerprint density at radius 3 is 2.47 bits per heavy atom. The summed E-state index contributed by atoms with van der Waals surface area (Å²) in [6.45, 7) is 0. The van der Waals surface area contributed by atoms with Gasteiger partial charge in [-0.3, -0.25) is 0 Å². The van der Waals surface area contributed by atoms with Crippen LogP contribution in [-0.2, 0) is 6.42 Å². The van der Waals surface area contributed by atoms with Gasteiger partial charge in [0.2, 0.25) is 0 Å². The van der Waals surface area contributed by atoms with E-state index in [0.29, 0.717) is 10.0 Å². The summed E-state index contributed by atoms with van der Waals surface area (Å²) in [5.41, 5.74) is 2.46. The van der Waals surface area contributed by atoms with Crippen LogP contribution in [0, 0.1) is 0 Å². The largest absolute Gasteiger partial charge is 0.137 e. The molecule has 0 atom stereocenters. The molecule has 0 aliphatic heterocycles. The molecule has 0 unspecified atom stereocenters. The zero-order chi connectivity index (χ0) is 10.8. The van der Waals surface area contributed by atoms with Crippen LogP contribution >= 0.6 is 50.5 Å². The molecular formula is C11H7BrCl2S. The molecule has 0 saturated heterocycles. The molecule has 0 amide bonds. The summed E-state index contributed by atoms with van der Waals surface area (Å²) in [5.74, 6) is 0. The molecule has 0 radical (unpaired) electrons. The maximum Gasteiger partial charge on any atom is 0.0701 e. The number of benzene rings is 1. The fourth-order valence-electron chi connectivity index (χ4n) is 1.32. The average Bonchev–Trinajstić information content (AvgIpc) is 2.58. The highest BCUT2D eigenvalue weighted by Crippen LogP contribution is 2.26. The van der Waals surface area contributed by atoms with Gasteiger partial charge in [-0.25, -0.2) is 0 Å². The molecule has 1 heterocycles. The van der Waals surface area contributed by atoms with E-state index in [2.05, 4.69) is 27.4 Å². The lowest BCUT2D eigenvalue weighted by Gasteiger charge is -2.01. The van der Waals surface area contributed by atoms with Crippen molar-refractivity contribution in [2.45, 2.75) is 6.42 Å². The van der Waals surface area contributed by atoms with E-state index < -0.39 is 0 Å². The normalized spacial score (nSPS) is 10.6. The fraction of sp³-hybridized carbons (Fsp3) is 0.0909. The molecule has 0 spiro atoms. The summed E-state index contributed by atoms with van der Waals surface area (Å²) < 4.78 is 1.15. The van der Waals surface area contributed by atoms with Crippen molar-refractivity contribution in [2.24, 2.45) is 0 Å². The van der Waals surface area contributed by atoms with Crippen molar-refractivity contribution >= 4 is 50.5 Å². The lowest BCUT2D eigenvalue weighted by molar-refractivity contribution is 1.21. The van der Waals surface area contributed by atoms with Gasteiger partial charge in [0.15, 0.2) is 0 Å². The van der Waals surface area contributed by atoms with Gasteiger partial charge in [0.1, 0.15) is 0 Å². The van der Waals surface area contributed by atoms with E-state index in [1.807, 2.05) is 18.2 Å². The quantitative estimate of drug-likeness (QED) is 0.694. The molecule has 4 heteroatoms. The number of hydrogen-bond acceptors (Lipinski definition) is 1. The van der Waals surface area contributed by atoms with E-state index in [0.717, 1.165) is 10.2 Å².